The Hall–Kier alpha value is -1.65. The SMILES string of the molecule is CCC(NCc1nc2ccccc2[nH]1)c1cccc(Br)c1. The number of hydrogen-bond acceptors (Lipinski definition) is 2. The standard InChI is InChI=1S/C17H18BrN3/c1-2-14(12-6-5-7-13(18)10-12)19-11-17-20-15-8-3-4-9-16(15)21-17/h3-10,14,19H,2,11H2,1H3,(H,20,21). The lowest BCUT2D eigenvalue weighted by Crippen LogP contribution is -2.20. The molecule has 0 saturated carbocycles. The van der Waals surface area contributed by atoms with Crippen LogP contribution < -0.4 is 5.32 Å². The smallest absolute Gasteiger partial charge is 0.121 e. The van der Waals surface area contributed by atoms with E-state index in [0.29, 0.717) is 6.04 Å². The van der Waals surface area contributed by atoms with Gasteiger partial charge in [0.1, 0.15) is 5.82 Å². The van der Waals surface area contributed by atoms with Gasteiger partial charge in [-0.25, -0.2) is 4.98 Å². The maximum atomic E-state index is 4.60. The van der Waals surface area contributed by atoms with E-state index in [9.17, 15) is 0 Å². The van der Waals surface area contributed by atoms with Gasteiger partial charge in [-0.05, 0) is 36.2 Å². The molecule has 2 aromatic carbocycles. The summed E-state index contributed by atoms with van der Waals surface area (Å²) in [5, 5.41) is 3.58. The van der Waals surface area contributed by atoms with Crippen LogP contribution in [0.2, 0.25) is 0 Å². The highest BCUT2D eigenvalue weighted by molar-refractivity contribution is 9.10. The largest absolute Gasteiger partial charge is 0.341 e. The summed E-state index contributed by atoms with van der Waals surface area (Å²) in [6.45, 7) is 2.93. The molecule has 1 atom stereocenters. The van der Waals surface area contributed by atoms with Crippen LogP contribution in [0.4, 0.5) is 0 Å². The van der Waals surface area contributed by atoms with E-state index in [0.717, 1.165) is 34.3 Å². The summed E-state index contributed by atoms with van der Waals surface area (Å²) in [7, 11) is 0. The summed E-state index contributed by atoms with van der Waals surface area (Å²) in [5.74, 6) is 0.977. The Bertz CT molecular complexity index is 702. The summed E-state index contributed by atoms with van der Waals surface area (Å²) in [5.41, 5.74) is 3.40. The molecule has 3 nitrogen and oxygen atoms in total. The first-order valence-electron chi connectivity index (χ1n) is 7.18. The predicted molar refractivity (Wildman–Crippen MR) is 90.1 cm³/mol. The van der Waals surface area contributed by atoms with Crippen molar-refractivity contribution in [3.8, 4) is 0 Å². The number of H-pyrrole nitrogens is 1. The van der Waals surface area contributed by atoms with Crippen LogP contribution in [0.5, 0.6) is 0 Å². The highest BCUT2D eigenvalue weighted by Gasteiger charge is 2.10. The monoisotopic (exact) mass is 343 g/mol. The van der Waals surface area contributed by atoms with Gasteiger partial charge in [0.05, 0.1) is 17.6 Å². The molecule has 0 aliphatic rings. The number of fused-ring (bicyclic) bond motifs is 1. The molecule has 3 rings (SSSR count). The van der Waals surface area contributed by atoms with Crippen molar-refractivity contribution in [1.82, 2.24) is 15.3 Å². The first-order chi connectivity index (χ1) is 10.3. The van der Waals surface area contributed by atoms with Crippen LogP contribution in [-0.2, 0) is 6.54 Å². The molecule has 0 spiro atoms. The fourth-order valence-electron chi connectivity index (χ4n) is 2.53. The molecule has 2 N–H and O–H groups in total. The third-order valence-corrected chi connectivity index (χ3v) is 4.11. The lowest BCUT2D eigenvalue weighted by Gasteiger charge is -2.17. The molecule has 0 fully saturated rings. The van der Waals surface area contributed by atoms with Crippen molar-refractivity contribution >= 4 is 27.0 Å². The second-order valence-corrected chi connectivity index (χ2v) is 6.01. The minimum Gasteiger partial charge on any atom is -0.341 e. The lowest BCUT2D eigenvalue weighted by atomic mass is 10.0. The molecule has 1 aromatic heterocycles. The number of nitrogens with one attached hydrogen (secondary N) is 2. The van der Waals surface area contributed by atoms with Gasteiger partial charge in [-0.1, -0.05) is 47.1 Å². The summed E-state index contributed by atoms with van der Waals surface area (Å²) >= 11 is 3.53. The van der Waals surface area contributed by atoms with Crippen LogP contribution in [-0.4, -0.2) is 9.97 Å². The van der Waals surface area contributed by atoms with Crippen molar-refractivity contribution in [2.24, 2.45) is 0 Å². The van der Waals surface area contributed by atoms with E-state index < -0.39 is 0 Å². The van der Waals surface area contributed by atoms with Gasteiger partial charge < -0.3 is 10.3 Å². The Morgan fingerprint density at radius 2 is 2.05 bits per heavy atom. The molecule has 0 aliphatic carbocycles. The van der Waals surface area contributed by atoms with E-state index in [1.165, 1.54) is 5.56 Å². The molecule has 21 heavy (non-hydrogen) atoms. The first-order valence-corrected chi connectivity index (χ1v) is 7.98. The van der Waals surface area contributed by atoms with E-state index in [4.69, 9.17) is 0 Å². The van der Waals surface area contributed by atoms with Gasteiger partial charge in [0.15, 0.2) is 0 Å². The number of halogens is 1. The van der Waals surface area contributed by atoms with Crippen molar-refractivity contribution < 1.29 is 0 Å². The van der Waals surface area contributed by atoms with Gasteiger partial charge in [0.2, 0.25) is 0 Å². The molecule has 0 aliphatic heterocycles. The molecule has 0 saturated heterocycles. The fourth-order valence-corrected chi connectivity index (χ4v) is 2.95. The number of aromatic nitrogens is 2. The van der Waals surface area contributed by atoms with Gasteiger partial charge in [0.25, 0.3) is 0 Å². The zero-order valence-electron chi connectivity index (χ0n) is 11.9. The fraction of sp³-hybridized carbons (Fsp3) is 0.235. The van der Waals surface area contributed by atoms with Crippen LogP contribution in [0.3, 0.4) is 0 Å². The van der Waals surface area contributed by atoms with Gasteiger partial charge in [-0.3, -0.25) is 0 Å². The zero-order valence-corrected chi connectivity index (χ0v) is 13.5. The van der Waals surface area contributed by atoms with E-state index in [-0.39, 0.29) is 0 Å². The van der Waals surface area contributed by atoms with E-state index in [1.807, 2.05) is 18.2 Å². The van der Waals surface area contributed by atoms with Gasteiger partial charge in [0, 0.05) is 10.5 Å². The highest BCUT2D eigenvalue weighted by atomic mass is 79.9. The molecule has 0 radical (unpaired) electrons. The molecule has 4 heteroatoms. The van der Waals surface area contributed by atoms with Gasteiger partial charge in [-0.15, -0.1) is 0 Å². The van der Waals surface area contributed by atoms with Crippen molar-refractivity contribution in [2.45, 2.75) is 25.9 Å². The zero-order chi connectivity index (χ0) is 14.7. The molecule has 108 valence electrons. The van der Waals surface area contributed by atoms with Crippen LogP contribution in [0.15, 0.2) is 53.0 Å². The Kier molecular flexibility index (Phi) is 4.36. The Labute approximate surface area is 132 Å². The third-order valence-electron chi connectivity index (χ3n) is 3.61. The quantitative estimate of drug-likeness (QED) is 0.712. The van der Waals surface area contributed by atoms with Crippen molar-refractivity contribution in [3.05, 3.63) is 64.4 Å². The Morgan fingerprint density at radius 3 is 2.81 bits per heavy atom. The molecule has 1 unspecified atom stereocenters. The van der Waals surface area contributed by atoms with Crippen LogP contribution in [0.1, 0.15) is 30.8 Å². The molecule has 0 amide bonds. The first kappa shape index (κ1) is 14.3. The maximum Gasteiger partial charge on any atom is 0.121 e. The Morgan fingerprint density at radius 1 is 1.19 bits per heavy atom. The summed E-state index contributed by atoms with van der Waals surface area (Å²) in [4.78, 5) is 7.96. The Balaban J connectivity index is 1.73. The highest BCUT2D eigenvalue weighted by Crippen LogP contribution is 2.21. The number of imidazole rings is 1. The van der Waals surface area contributed by atoms with E-state index in [1.54, 1.807) is 0 Å². The van der Waals surface area contributed by atoms with Crippen molar-refractivity contribution in [3.63, 3.8) is 0 Å². The molecule has 0 bridgehead atoms. The molecular formula is C17H18BrN3. The van der Waals surface area contributed by atoms with Crippen molar-refractivity contribution in [2.75, 3.05) is 0 Å². The lowest BCUT2D eigenvalue weighted by molar-refractivity contribution is 0.510. The molecule has 1 heterocycles. The topological polar surface area (TPSA) is 40.7 Å². The van der Waals surface area contributed by atoms with Crippen LogP contribution in [0.25, 0.3) is 11.0 Å². The van der Waals surface area contributed by atoms with E-state index >= 15 is 0 Å². The summed E-state index contributed by atoms with van der Waals surface area (Å²) in [6.07, 6.45) is 1.04. The minimum absolute atomic E-state index is 0.329. The summed E-state index contributed by atoms with van der Waals surface area (Å²) < 4.78 is 1.11. The van der Waals surface area contributed by atoms with E-state index in [2.05, 4.69) is 68.5 Å². The van der Waals surface area contributed by atoms with Crippen molar-refractivity contribution in [1.29, 1.82) is 0 Å². The normalized spacial score (nSPS) is 12.7. The maximum absolute atomic E-state index is 4.60. The number of aromatic amines is 1. The average Bonchev–Trinajstić information content (AvgIpc) is 2.91. The number of rotatable bonds is 5. The molecular weight excluding hydrogens is 326 g/mol. The van der Waals surface area contributed by atoms with Gasteiger partial charge in [-0.2, -0.15) is 0 Å². The summed E-state index contributed by atoms with van der Waals surface area (Å²) in [6, 6.07) is 16.9. The number of benzene rings is 2. The second-order valence-electron chi connectivity index (χ2n) is 5.10. The number of nitrogens with zero attached hydrogens (tertiary/aromatic N) is 1. The number of para-hydroxylation sites is 2. The van der Waals surface area contributed by atoms with Crippen LogP contribution >= 0.6 is 15.9 Å². The second kappa shape index (κ2) is 6.41. The average molecular weight is 344 g/mol. The van der Waals surface area contributed by atoms with Gasteiger partial charge >= 0.3 is 0 Å². The predicted octanol–water partition coefficient (Wildman–Crippen LogP) is 4.57. The third kappa shape index (κ3) is 3.34. The minimum atomic E-state index is 0.329. The number of hydrogen-bond donors (Lipinski definition) is 2. The molecule has 3 aromatic rings. The van der Waals surface area contributed by atoms with Crippen LogP contribution in [0, 0.1) is 0 Å².